The maximum absolute atomic E-state index is 12.7. The van der Waals surface area contributed by atoms with Crippen LogP contribution in [-0.4, -0.2) is 45.0 Å². The van der Waals surface area contributed by atoms with Gasteiger partial charge < -0.3 is 33.2 Å². The summed E-state index contributed by atoms with van der Waals surface area (Å²) < 4.78 is 38.2. The number of carbonyl (C=O) groups excluding carboxylic acids is 2. The Morgan fingerprint density at radius 3 is 2.46 bits per heavy atom. The predicted octanol–water partition coefficient (Wildman–Crippen LogP) is 4.79. The second kappa shape index (κ2) is 11.2. The SMILES string of the molecule is CCOc1ccc(C2=NC(=Cc3ccc(OC(=O)c4ccc5c(c4)OCO5)c(OC)c3)C(=O)O2)cc1OCC. The Morgan fingerprint density at radius 1 is 0.897 bits per heavy atom. The van der Waals surface area contributed by atoms with Crippen LogP contribution in [0.15, 0.2) is 65.3 Å². The monoisotopic (exact) mass is 531 g/mol. The zero-order valence-corrected chi connectivity index (χ0v) is 21.5. The van der Waals surface area contributed by atoms with Gasteiger partial charge in [0.05, 0.1) is 25.9 Å². The Morgan fingerprint density at radius 2 is 1.67 bits per heavy atom. The standard InChI is InChI=1S/C29H25NO9/c1-4-34-21-10-7-18(14-25(21)35-5-2)27-30-20(29(32)39-27)12-17-6-9-23(24(13-17)33-3)38-28(31)19-8-11-22-26(15-19)37-16-36-22/h6-15H,4-5,16H2,1-3H3. The summed E-state index contributed by atoms with van der Waals surface area (Å²) in [5.41, 5.74) is 1.56. The molecule has 10 nitrogen and oxygen atoms in total. The van der Waals surface area contributed by atoms with E-state index >= 15 is 0 Å². The molecule has 2 aliphatic heterocycles. The lowest BCUT2D eigenvalue weighted by Crippen LogP contribution is -2.09. The summed E-state index contributed by atoms with van der Waals surface area (Å²) in [4.78, 5) is 29.6. The largest absolute Gasteiger partial charge is 0.493 e. The van der Waals surface area contributed by atoms with E-state index in [-0.39, 0.29) is 24.1 Å². The van der Waals surface area contributed by atoms with Crippen LogP contribution in [0.5, 0.6) is 34.5 Å². The minimum atomic E-state index is -0.603. The molecule has 0 aliphatic carbocycles. The molecule has 39 heavy (non-hydrogen) atoms. The molecule has 0 saturated heterocycles. The zero-order valence-electron chi connectivity index (χ0n) is 21.5. The molecule has 0 unspecified atom stereocenters. The number of benzene rings is 3. The third kappa shape index (κ3) is 5.49. The van der Waals surface area contributed by atoms with E-state index in [1.54, 1.807) is 60.7 Å². The van der Waals surface area contributed by atoms with Gasteiger partial charge in [-0.2, -0.15) is 0 Å². The van der Waals surface area contributed by atoms with Crippen LogP contribution in [-0.2, 0) is 9.53 Å². The predicted molar refractivity (Wildman–Crippen MR) is 140 cm³/mol. The molecule has 10 heteroatoms. The van der Waals surface area contributed by atoms with Gasteiger partial charge in [0.2, 0.25) is 12.7 Å². The van der Waals surface area contributed by atoms with Crippen LogP contribution in [0, 0.1) is 0 Å². The molecule has 3 aromatic carbocycles. The van der Waals surface area contributed by atoms with Crippen LogP contribution < -0.4 is 28.4 Å². The van der Waals surface area contributed by atoms with Crippen LogP contribution in [0.25, 0.3) is 6.08 Å². The first-order valence-electron chi connectivity index (χ1n) is 12.2. The Balaban J connectivity index is 1.35. The van der Waals surface area contributed by atoms with Crippen molar-refractivity contribution in [1.82, 2.24) is 0 Å². The highest BCUT2D eigenvalue weighted by Crippen LogP contribution is 2.35. The first-order chi connectivity index (χ1) is 19.0. The van der Waals surface area contributed by atoms with E-state index in [0.29, 0.717) is 58.7 Å². The van der Waals surface area contributed by atoms with E-state index in [1.165, 1.54) is 7.11 Å². The van der Waals surface area contributed by atoms with E-state index in [2.05, 4.69) is 4.99 Å². The van der Waals surface area contributed by atoms with Gasteiger partial charge in [0.25, 0.3) is 0 Å². The summed E-state index contributed by atoms with van der Waals surface area (Å²) in [6, 6.07) is 14.9. The third-order valence-electron chi connectivity index (χ3n) is 5.71. The number of methoxy groups -OCH3 is 1. The van der Waals surface area contributed by atoms with Crippen molar-refractivity contribution >= 4 is 23.9 Å². The number of fused-ring (bicyclic) bond motifs is 1. The van der Waals surface area contributed by atoms with Crippen molar-refractivity contribution < 1.29 is 42.7 Å². The Kier molecular flexibility index (Phi) is 7.35. The van der Waals surface area contributed by atoms with Crippen LogP contribution in [0.4, 0.5) is 0 Å². The topological polar surface area (TPSA) is 111 Å². The van der Waals surface area contributed by atoms with Gasteiger partial charge in [0.15, 0.2) is 40.2 Å². The highest BCUT2D eigenvalue weighted by atomic mass is 16.7. The molecule has 0 aromatic heterocycles. The van der Waals surface area contributed by atoms with Gasteiger partial charge in [0, 0.05) is 5.56 Å². The Labute approximate surface area is 224 Å². The lowest BCUT2D eigenvalue weighted by atomic mass is 10.1. The molecular formula is C29H25NO9. The summed E-state index contributed by atoms with van der Waals surface area (Å²) >= 11 is 0. The van der Waals surface area contributed by atoms with Crippen molar-refractivity contribution in [3.05, 3.63) is 77.0 Å². The van der Waals surface area contributed by atoms with Gasteiger partial charge in [-0.05, 0) is 74.0 Å². The number of hydrogen-bond acceptors (Lipinski definition) is 10. The summed E-state index contributed by atoms with van der Waals surface area (Å²) in [6.07, 6.45) is 1.55. The van der Waals surface area contributed by atoms with Crippen molar-refractivity contribution in [3.63, 3.8) is 0 Å². The highest BCUT2D eigenvalue weighted by molar-refractivity contribution is 6.13. The minimum absolute atomic E-state index is 0.101. The van der Waals surface area contributed by atoms with Gasteiger partial charge >= 0.3 is 11.9 Å². The van der Waals surface area contributed by atoms with Gasteiger partial charge in [-0.15, -0.1) is 0 Å². The Hall–Kier alpha value is -4.99. The number of rotatable bonds is 9. The molecule has 5 rings (SSSR count). The van der Waals surface area contributed by atoms with Crippen LogP contribution >= 0.6 is 0 Å². The molecule has 0 amide bonds. The van der Waals surface area contributed by atoms with Gasteiger partial charge in [0.1, 0.15) is 0 Å². The Bertz CT molecular complexity index is 1490. The molecule has 0 radical (unpaired) electrons. The number of aliphatic imine (C=N–C) groups is 1. The summed E-state index contributed by atoms with van der Waals surface area (Å²) in [5, 5.41) is 0. The quantitative estimate of drug-likeness (QED) is 0.219. The minimum Gasteiger partial charge on any atom is -0.493 e. The lowest BCUT2D eigenvalue weighted by Gasteiger charge is -2.11. The fourth-order valence-corrected chi connectivity index (χ4v) is 3.92. The molecule has 0 saturated carbocycles. The maximum atomic E-state index is 12.7. The highest BCUT2D eigenvalue weighted by Gasteiger charge is 2.25. The fourth-order valence-electron chi connectivity index (χ4n) is 3.92. The van der Waals surface area contributed by atoms with E-state index < -0.39 is 11.9 Å². The number of nitrogens with zero attached hydrogens (tertiary/aromatic N) is 1. The van der Waals surface area contributed by atoms with E-state index in [4.69, 9.17) is 33.2 Å². The average molecular weight is 532 g/mol. The van der Waals surface area contributed by atoms with Crippen molar-refractivity contribution in [2.24, 2.45) is 4.99 Å². The molecule has 0 fully saturated rings. The third-order valence-corrected chi connectivity index (χ3v) is 5.71. The number of hydrogen-bond donors (Lipinski definition) is 0. The van der Waals surface area contributed by atoms with Crippen molar-refractivity contribution in [1.29, 1.82) is 0 Å². The number of esters is 2. The zero-order chi connectivity index (χ0) is 27.4. The summed E-state index contributed by atoms with van der Waals surface area (Å²) in [5.74, 6) is 1.62. The van der Waals surface area contributed by atoms with Gasteiger partial charge in [-0.3, -0.25) is 0 Å². The fraction of sp³-hybridized carbons (Fsp3) is 0.207. The lowest BCUT2D eigenvalue weighted by molar-refractivity contribution is -0.129. The van der Waals surface area contributed by atoms with Crippen molar-refractivity contribution in [3.8, 4) is 34.5 Å². The van der Waals surface area contributed by atoms with E-state index in [0.717, 1.165) is 0 Å². The van der Waals surface area contributed by atoms with Gasteiger partial charge in [-0.25, -0.2) is 14.6 Å². The molecular weight excluding hydrogens is 506 g/mol. The normalized spacial score (nSPS) is 14.6. The van der Waals surface area contributed by atoms with Crippen LogP contribution in [0.1, 0.15) is 35.3 Å². The second-order valence-corrected chi connectivity index (χ2v) is 8.23. The molecule has 0 spiro atoms. The molecule has 0 bridgehead atoms. The molecule has 0 atom stereocenters. The molecule has 3 aromatic rings. The molecule has 0 N–H and O–H groups in total. The van der Waals surface area contributed by atoms with Crippen LogP contribution in [0.2, 0.25) is 0 Å². The summed E-state index contributed by atoms with van der Waals surface area (Å²) in [7, 11) is 1.45. The van der Waals surface area contributed by atoms with E-state index in [9.17, 15) is 9.59 Å². The van der Waals surface area contributed by atoms with Crippen molar-refractivity contribution in [2.75, 3.05) is 27.1 Å². The number of ether oxygens (including phenoxy) is 7. The second-order valence-electron chi connectivity index (χ2n) is 8.23. The average Bonchev–Trinajstić information content (AvgIpc) is 3.56. The smallest absolute Gasteiger partial charge is 0.363 e. The number of carbonyl (C=O) groups is 2. The van der Waals surface area contributed by atoms with Gasteiger partial charge in [-0.1, -0.05) is 6.07 Å². The van der Waals surface area contributed by atoms with Crippen molar-refractivity contribution in [2.45, 2.75) is 13.8 Å². The molecule has 2 heterocycles. The van der Waals surface area contributed by atoms with Crippen LogP contribution in [0.3, 0.4) is 0 Å². The number of cyclic esters (lactones) is 1. The molecule has 2 aliphatic rings. The first kappa shape index (κ1) is 25.7. The van der Waals surface area contributed by atoms with E-state index in [1.807, 2.05) is 13.8 Å². The maximum Gasteiger partial charge on any atom is 0.363 e. The molecule has 200 valence electrons. The first-order valence-corrected chi connectivity index (χ1v) is 12.2. The summed E-state index contributed by atoms with van der Waals surface area (Å²) in [6.45, 7) is 4.79.